The van der Waals surface area contributed by atoms with Crippen LogP contribution in [0.15, 0.2) is 60.7 Å². The van der Waals surface area contributed by atoms with E-state index in [1.54, 1.807) is 7.11 Å². The second kappa shape index (κ2) is 9.43. The van der Waals surface area contributed by atoms with E-state index in [0.29, 0.717) is 31.5 Å². The Morgan fingerprint density at radius 1 is 0.969 bits per heavy atom. The molecule has 0 radical (unpaired) electrons. The van der Waals surface area contributed by atoms with Crippen LogP contribution in [0.3, 0.4) is 0 Å². The van der Waals surface area contributed by atoms with Crippen molar-refractivity contribution in [2.45, 2.75) is 32.7 Å². The first-order valence-corrected chi connectivity index (χ1v) is 11.2. The van der Waals surface area contributed by atoms with Gasteiger partial charge in [-0.1, -0.05) is 48.5 Å². The lowest BCUT2D eigenvalue weighted by Crippen LogP contribution is -2.43. The number of likely N-dealkylation sites (tertiary alicyclic amines) is 1. The second-order valence-corrected chi connectivity index (χ2v) is 8.51. The van der Waals surface area contributed by atoms with Crippen LogP contribution in [0.2, 0.25) is 0 Å². The lowest BCUT2D eigenvalue weighted by molar-refractivity contribution is -0.127. The Balaban J connectivity index is 1.41. The molecule has 0 aliphatic carbocycles. The normalized spacial score (nSPS) is 15.4. The summed E-state index contributed by atoms with van der Waals surface area (Å²) >= 11 is 0. The summed E-state index contributed by atoms with van der Waals surface area (Å²) in [5, 5.41) is 4.99. The quantitative estimate of drug-likeness (QED) is 0.627. The average molecular weight is 431 g/mol. The van der Waals surface area contributed by atoms with E-state index in [-0.39, 0.29) is 23.8 Å². The minimum atomic E-state index is -0.0712. The molecule has 1 fully saturated rings. The number of methoxy groups -OCH3 is 1. The Kier molecular flexibility index (Phi) is 6.45. The minimum absolute atomic E-state index is 0.0102. The van der Waals surface area contributed by atoms with Crippen molar-refractivity contribution in [2.24, 2.45) is 5.92 Å². The lowest BCUT2D eigenvalue weighted by atomic mass is 9.93. The van der Waals surface area contributed by atoms with Gasteiger partial charge in [-0.3, -0.25) is 9.59 Å². The van der Waals surface area contributed by atoms with Gasteiger partial charge in [0.15, 0.2) is 0 Å². The predicted molar refractivity (Wildman–Crippen MR) is 127 cm³/mol. The summed E-state index contributed by atoms with van der Waals surface area (Å²) in [7, 11) is 1.64. The zero-order valence-corrected chi connectivity index (χ0v) is 18.9. The van der Waals surface area contributed by atoms with E-state index in [1.165, 1.54) is 5.56 Å². The molecule has 5 nitrogen and oxygen atoms in total. The summed E-state index contributed by atoms with van der Waals surface area (Å²) in [5.74, 6) is 0.771. The number of fused-ring (bicyclic) bond motifs is 1. The van der Waals surface area contributed by atoms with Gasteiger partial charge in [-0.25, -0.2) is 0 Å². The Hall–Kier alpha value is -3.34. The van der Waals surface area contributed by atoms with Crippen molar-refractivity contribution < 1.29 is 14.3 Å². The van der Waals surface area contributed by atoms with E-state index in [2.05, 4.69) is 24.4 Å². The third-order valence-electron chi connectivity index (χ3n) is 6.50. The lowest BCUT2D eigenvalue weighted by Gasteiger charge is -2.32. The maximum Gasteiger partial charge on any atom is 0.254 e. The molecule has 1 unspecified atom stereocenters. The molecule has 1 aliphatic heterocycles. The van der Waals surface area contributed by atoms with Crippen LogP contribution in [0.5, 0.6) is 5.75 Å². The van der Waals surface area contributed by atoms with Crippen LogP contribution in [0.25, 0.3) is 10.8 Å². The summed E-state index contributed by atoms with van der Waals surface area (Å²) in [6.07, 6.45) is 1.35. The van der Waals surface area contributed by atoms with Gasteiger partial charge in [0.05, 0.1) is 13.2 Å². The van der Waals surface area contributed by atoms with Crippen molar-refractivity contribution in [3.8, 4) is 5.75 Å². The number of benzene rings is 3. The maximum atomic E-state index is 13.3. The molecule has 1 saturated heterocycles. The third kappa shape index (κ3) is 4.33. The molecule has 32 heavy (non-hydrogen) atoms. The number of hydrogen-bond donors (Lipinski definition) is 1. The third-order valence-corrected chi connectivity index (χ3v) is 6.50. The fraction of sp³-hybridized carbons (Fsp3) is 0.333. The van der Waals surface area contributed by atoms with Crippen molar-refractivity contribution in [3.63, 3.8) is 0 Å². The van der Waals surface area contributed by atoms with E-state index in [4.69, 9.17) is 4.74 Å². The van der Waals surface area contributed by atoms with Crippen molar-refractivity contribution in [3.05, 3.63) is 77.4 Å². The molecule has 5 heteroatoms. The van der Waals surface area contributed by atoms with E-state index >= 15 is 0 Å². The van der Waals surface area contributed by atoms with Gasteiger partial charge >= 0.3 is 0 Å². The molecular formula is C27H30N2O3. The number of ether oxygens (including phenoxy) is 1. The van der Waals surface area contributed by atoms with Crippen molar-refractivity contribution in [1.29, 1.82) is 0 Å². The van der Waals surface area contributed by atoms with Crippen LogP contribution in [-0.2, 0) is 4.79 Å². The minimum Gasteiger partial charge on any atom is -0.496 e. The molecule has 0 aromatic heterocycles. The number of amides is 2. The molecule has 1 N–H and O–H groups in total. The summed E-state index contributed by atoms with van der Waals surface area (Å²) in [5.41, 5.74) is 2.99. The van der Waals surface area contributed by atoms with Crippen LogP contribution in [0.4, 0.5) is 0 Å². The zero-order chi connectivity index (χ0) is 22.7. The topological polar surface area (TPSA) is 58.6 Å². The molecule has 1 aliphatic rings. The first-order chi connectivity index (χ1) is 15.5. The number of hydrogen-bond acceptors (Lipinski definition) is 3. The molecular weight excluding hydrogens is 400 g/mol. The molecule has 1 atom stereocenters. The number of aryl methyl sites for hydroxylation is 1. The van der Waals surface area contributed by atoms with Crippen LogP contribution in [0, 0.1) is 12.8 Å². The molecule has 3 aromatic carbocycles. The van der Waals surface area contributed by atoms with Crippen molar-refractivity contribution >= 4 is 22.6 Å². The van der Waals surface area contributed by atoms with Gasteiger partial charge in [-0.15, -0.1) is 0 Å². The highest BCUT2D eigenvalue weighted by molar-refractivity contribution is 6.08. The Morgan fingerprint density at radius 2 is 1.62 bits per heavy atom. The number of piperidine rings is 1. The van der Waals surface area contributed by atoms with Gasteiger partial charge in [0, 0.05) is 30.0 Å². The molecule has 0 bridgehead atoms. The maximum absolute atomic E-state index is 13.3. The number of carbonyl (C=O) groups is 2. The highest BCUT2D eigenvalue weighted by atomic mass is 16.5. The van der Waals surface area contributed by atoms with E-state index in [0.717, 1.165) is 22.1 Å². The van der Waals surface area contributed by atoms with Gasteiger partial charge in [0.25, 0.3) is 5.91 Å². The zero-order valence-electron chi connectivity index (χ0n) is 18.9. The molecule has 2 amide bonds. The van der Waals surface area contributed by atoms with Crippen LogP contribution in [-0.4, -0.2) is 36.9 Å². The summed E-state index contributed by atoms with van der Waals surface area (Å²) in [6, 6.07) is 19.6. The predicted octanol–water partition coefficient (Wildman–Crippen LogP) is 4.89. The van der Waals surface area contributed by atoms with Gasteiger partial charge in [-0.05, 0) is 55.3 Å². The number of nitrogens with one attached hydrogen (secondary N) is 1. The monoisotopic (exact) mass is 430 g/mol. The van der Waals surface area contributed by atoms with E-state index < -0.39 is 0 Å². The first-order valence-electron chi connectivity index (χ1n) is 11.2. The highest BCUT2D eigenvalue weighted by Crippen LogP contribution is 2.30. The Labute approximate surface area is 189 Å². The molecule has 0 saturated carbocycles. The number of nitrogens with zero attached hydrogens (tertiary/aromatic N) is 1. The Morgan fingerprint density at radius 3 is 2.31 bits per heavy atom. The SMILES string of the molecule is COc1ccc(C(=O)N2CCC(C(=O)NC(C)c3ccccc3C)CC2)c2ccccc12. The molecule has 3 aromatic rings. The molecule has 1 heterocycles. The number of carbonyl (C=O) groups excluding carboxylic acids is 2. The van der Waals surface area contributed by atoms with Gasteiger partial charge in [0.1, 0.15) is 5.75 Å². The first kappa shape index (κ1) is 21.9. The fourth-order valence-electron chi connectivity index (χ4n) is 4.63. The van der Waals surface area contributed by atoms with Gasteiger partial charge < -0.3 is 15.0 Å². The van der Waals surface area contributed by atoms with E-state index in [1.807, 2.05) is 60.4 Å². The largest absolute Gasteiger partial charge is 0.496 e. The highest BCUT2D eigenvalue weighted by Gasteiger charge is 2.29. The van der Waals surface area contributed by atoms with Crippen LogP contribution >= 0.6 is 0 Å². The standard InChI is InChI=1S/C27H30N2O3/c1-18-8-4-5-9-21(18)19(2)28-26(30)20-14-16-29(17-15-20)27(31)24-12-13-25(32-3)23-11-7-6-10-22(23)24/h4-13,19-20H,14-17H2,1-3H3,(H,28,30). The van der Waals surface area contributed by atoms with Gasteiger partial charge in [-0.2, -0.15) is 0 Å². The van der Waals surface area contributed by atoms with Crippen LogP contribution < -0.4 is 10.1 Å². The van der Waals surface area contributed by atoms with E-state index in [9.17, 15) is 9.59 Å². The summed E-state index contributed by atoms with van der Waals surface area (Å²) < 4.78 is 5.45. The summed E-state index contributed by atoms with van der Waals surface area (Å²) in [4.78, 5) is 28.0. The molecule has 0 spiro atoms. The van der Waals surface area contributed by atoms with Crippen LogP contribution in [0.1, 0.15) is 47.3 Å². The Bertz CT molecular complexity index is 1130. The second-order valence-electron chi connectivity index (χ2n) is 8.51. The van der Waals surface area contributed by atoms with Crippen molar-refractivity contribution in [1.82, 2.24) is 10.2 Å². The molecule has 166 valence electrons. The van der Waals surface area contributed by atoms with Gasteiger partial charge in [0.2, 0.25) is 5.91 Å². The van der Waals surface area contributed by atoms with Crippen molar-refractivity contribution in [2.75, 3.05) is 20.2 Å². The number of rotatable bonds is 5. The average Bonchev–Trinajstić information content (AvgIpc) is 2.83. The summed E-state index contributed by atoms with van der Waals surface area (Å²) in [6.45, 7) is 5.24. The molecule has 4 rings (SSSR count). The fourth-order valence-corrected chi connectivity index (χ4v) is 4.63. The smallest absolute Gasteiger partial charge is 0.254 e.